The Labute approximate surface area is 419 Å². The molecule has 1 saturated heterocycles. The summed E-state index contributed by atoms with van der Waals surface area (Å²) in [6.45, 7) is 6.62. The van der Waals surface area contributed by atoms with Crippen molar-refractivity contribution in [2.24, 2.45) is 7.05 Å². The number of nitrogens with one attached hydrogen (secondary N) is 4. The zero-order valence-corrected chi connectivity index (χ0v) is 40.9. The van der Waals surface area contributed by atoms with E-state index < -0.39 is 107 Å². The molecule has 5 aromatic rings. The number of phenols is 2. The first-order valence-corrected chi connectivity index (χ1v) is 23.7. The molecule has 73 heavy (non-hydrogen) atoms. The lowest BCUT2D eigenvalue weighted by Crippen LogP contribution is -2.54. The first kappa shape index (κ1) is 51.5. The van der Waals surface area contributed by atoms with Crippen molar-refractivity contribution in [1.29, 1.82) is 0 Å². The number of aliphatic hydroxyl groups excluding tert-OH is 1. The molecule has 0 spiro atoms. The smallest absolute Gasteiger partial charge is 0.274 e. The van der Waals surface area contributed by atoms with Crippen molar-refractivity contribution < 1.29 is 63.4 Å². The topological polar surface area (TPSA) is 277 Å². The van der Waals surface area contributed by atoms with Crippen LogP contribution in [0.5, 0.6) is 17.2 Å². The minimum Gasteiger partial charge on any atom is -0.507 e. The third kappa shape index (κ3) is 10.3. The lowest BCUT2D eigenvalue weighted by Gasteiger charge is -2.43. The van der Waals surface area contributed by atoms with Gasteiger partial charge in [0.1, 0.15) is 34.2 Å². The Balaban J connectivity index is 0.914. The van der Waals surface area contributed by atoms with Gasteiger partial charge in [-0.25, -0.2) is 0 Å². The van der Waals surface area contributed by atoms with E-state index in [0.29, 0.717) is 29.1 Å². The normalized spacial score (nSPS) is 21.6. The number of phenolic OH excluding ortho intramolecular Hbond substituents is 2. The third-order valence-electron chi connectivity index (χ3n) is 13.5. The Bertz CT molecular complexity index is 3090. The van der Waals surface area contributed by atoms with Gasteiger partial charge in [-0.2, -0.15) is 0 Å². The maximum Gasteiger partial charge on any atom is 0.274 e. The molecule has 8 rings (SSSR count). The molecule has 3 aliphatic rings. The van der Waals surface area contributed by atoms with Gasteiger partial charge in [0.05, 0.1) is 47.8 Å². The standard InChI is InChI=1S/C54H56N6O13/c1-7-30(20-31(8-2)57-52(68)36-13-9-10-19-55-36)51(67)59-33-21-38(60(5)26-33)53(69)58-32-17-15-29(16-18-32)25-56-37-22-41(72-27(3)46(37)62)73-40-24-54(70,28(4)61)23-35-43(40)50(66)45-44(48(35)64)47(63)34-12-11-14-39(71-6)42(34)49(45)65/h8-21,26-27,37,40-41,46,56,62,64,66,70H,7,22-25H2,1-6H3,(H,57,68)(H,58,69)(H,59,67)/b30-20+,31-8+. The fourth-order valence-corrected chi connectivity index (χ4v) is 9.45. The Kier molecular flexibility index (Phi) is 14.9. The number of methoxy groups -OCH3 is 1. The van der Waals surface area contributed by atoms with Crippen LogP contribution in [0.3, 0.4) is 0 Å². The van der Waals surface area contributed by atoms with Crippen molar-refractivity contribution in [3.8, 4) is 17.2 Å². The number of carbonyl (C=O) groups is 6. The number of ether oxygens (including phenoxy) is 3. The molecule has 19 nitrogen and oxygen atoms in total. The lowest BCUT2D eigenvalue weighted by atomic mass is 9.72. The second-order valence-electron chi connectivity index (χ2n) is 18.2. The predicted octanol–water partition coefficient (Wildman–Crippen LogP) is 5.45. The summed E-state index contributed by atoms with van der Waals surface area (Å²) < 4.78 is 19.4. The number of benzene rings is 3. The van der Waals surface area contributed by atoms with Gasteiger partial charge in [0.25, 0.3) is 17.7 Å². The number of aromatic hydroxyl groups is 2. The van der Waals surface area contributed by atoms with Gasteiger partial charge in [-0.05, 0) is 75.2 Å². The first-order chi connectivity index (χ1) is 34.9. The third-order valence-corrected chi connectivity index (χ3v) is 13.5. The van der Waals surface area contributed by atoms with E-state index in [2.05, 4.69) is 26.3 Å². The molecule has 2 aromatic heterocycles. The Morgan fingerprint density at radius 2 is 1.68 bits per heavy atom. The van der Waals surface area contributed by atoms with Gasteiger partial charge in [0.15, 0.2) is 17.9 Å². The van der Waals surface area contributed by atoms with E-state index in [4.69, 9.17) is 14.2 Å². The van der Waals surface area contributed by atoms with Gasteiger partial charge in [-0.1, -0.05) is 43.3 Å². The highest BCUT2D eigenvalue weighted by Gasteiger charge is 2.49. The van der Waals surface area contributed by atoms with Gasteiger partial charge < -0.3 is 60.5 Å². The molecule has 0 saturated carbocycles. The second kappa shape index (κ2) is 21.1. The van der Waals surface area contributed by atoms with E-state index in [1.54, 1.807) is 92.3 Å². The monoisotopic (exact) mass is 996 g/mol. The number of carbonyl (C=O) groups excluding carboxylic acids is 6. The summed E-state index contributed by atoms with van der Waals surface area (Å²) in [7, 11) is 3.00. The molecular formula is C54H56N6O13. The minimum atomic E-state index is -2.10. The van der Waals surface area contributed by atoms with E-state index in [1.165, 1.54) is 38.4 Å². The first-order valence-electron chi connectivity index (χ1n) is 23.7. The zero-order chi connectivity index (χ0) is 52.5. The van der Waals surface area contributed by atoms with Crippen molar-refractivity contribution in [2.45, 2.75) is 96.2 Å². The van der Waals surface area contributed by atoms with Crippen LogP contribution in [0.15, 0.2) is 103 Å². The maximum atomic E-state index is 14.1. The van der Waals surface area contributed by atoms with Crippen LogP contribution in [0.4, 0.5) is 11.4 Å². The van der Waals surface area contributed by atoms with Crippen molar-refractivity contribution in [1.82, 2.24) is 20.2 Å². The van der Waals surface area contributed by atoms with Crippen LogP contribution in [0.2, 0.25) is 0 Å². The molecule has 1 fully saturated rings. The quantitative estimate of drug-likeness (QED) is 0.0361. The number of hydrogen-bond donors (Lipinski definition) is 8. The number of aliphatic hydroxyl groups is 2. The zero-order valence-electron chi connectivity index (χ0n) is 40.9. The molecule has 0 bridgehead atoms. The summed E-state index contributed by atoms with van der Waals surface area (Å²) in [6, 6.07) is 17.3. The van der Waals surface area contributed by atoms with E-state index in [1.807, 2.05) is 6.92 Å². The van der Waals surface area contributed by atoms with Gasteiger partial charge in [-0.3, -0.25) is 33.8 Å². The summed E-state index contributed by atoms with van der Waals surface area (Å²) in [5.41, 5.74) is -0.417. The summed E-state index contributed by atoms with van der Waals surface area (Å²) >= 11 is 0. The molecule has 3 amide bonds. The van der Waals surface area contributed by atoms with Crippen molar-refractivity contribution in [3.63, 3.8) is 0 Å². The van der Waals surface area contributed by atoms with E-state index in [0.717, 1.165) is 5.56 Å². The summed E-state index contributed by atoms with van der Waals surface area (Å²) in [5, 5.41) is 58.3. The predicted molar refractivity (Wildman–Crippen MR) is 265 cm³/mol. The SMILES string of the molecule is C/C=C(\C=C(/CC)C(=O)Nc1cc(C(=O)Nc2ccc(CNC3CC(OC4CC(O)(C(C)=O)Cc5c(O)c6c(c(O)c54)C(=O)c4c(OC)cccc4C6=O)OC(C)C3O)cc2)n(C)c1)NC(=O)c1ccccn1. The second-order valence-corrected chi connectivity index (χ2v) is 18.2. The molecular weight excluding hydrogens is 941 g/mol. The van der Waals surface area contributed by atoms with Crippen LogP contribution >= 0.6 is 0 Å². The molecule has 3 aromatic carbocycles. The molecule has 6 unspecified atom stereocenters. The number of hydrogen-bond acceptors (Lipinski definition) is 15. The van der Waals surface area contributed by atoms with Gasteiger partial charge in [-0.15, -0.1) is 0 Å². The molecule has 0 radical (unpaired) electrons. The number of anilines is 2. The molecule has 6 atom stereocenters. The average Bonchev–Trinajstić information content (AvgIpc) is 3.75. The average molecular weight is 997 g/mol. The Morgan fingerprint density at radius 3 is 2.36 bits per heavy atom. The number of pyridine rings is 1. The number of nitrogens with zero attached hydrogens (tertiary/aromatic N) is 2. The van der Waals surface area contributed by atoms with Gasteiger partial charge >= 0.3 is 0 Å². The number of amides is 3. The van der Waals surface area contributed by atoms with Crippen LogP contribution < -0.4 is 26.0 Å². The fraction of sp³-hybridized carbons (Fsp3) is 0.315. The number of allylic oxidation sites excluding steroid dienone is 2. The van der Waals surface area contributed by atoms with Crippen LogP contribution in [0, 0.1) is 0 Å². The highest BCUT2D eigenvalue weighted by molar-refractivity contribution is 6.31. The molecule has 2 aliphatic carbocycles. The molecule has 3 heterocycles. The van der Waals surface area contributed by atoms with E-state index in [9.17, 15) is 49.2 Å². The van der Waals surface area contributed by atoms with Crippen molar-refractivity contribution >= 4 is 46.4 Å². The van der Waals surface area contributed by atoms with E-state index >= 15 is 0 Å². The number of rotatable bonds is 15. The summed E-state index contributed by atoms with van der Waals surface area (Å²) in [6.07, 6.45) is 1.65. The summed E-state index contributed by atoms with van der Waals surface area (Å²) in [4.78, 5) is 84.4. The molecule has 1 aliphatic heterocycles. The van der Waals surface area contributed by atoms with Crippen molar-refractivity contribution in [3.05, 3.63) is 153 Å². The van der Waals surface area contributed by atoms with Crippen LogP contribution in [0.25, 0.3) is 0 Å². The Morgan fingerprint density at radius 1 is 0.945 bits per heavy atom. The number of fused-ring (bicyclic) bond motifs is 3. The number of ketones is 3. The Hall–Kier alpha value is -7.81. The number of aryl methyl sites for hydroxylation is 1. The van der Waals surface area contributed by atoms with Crippen LogP contribution in [-0.2, 0) is 39.1 Å². The van der Waals surface area contributed by atoms with Gasteiger partial charge in [0.2, 0.25) is 5.78 Å². The molecule has 8 N–H and O–H groups in total. The largest absolute Gasteiger partial charge is 0.507 e. The molecule has 19 heteroatoms. The summed E-state index contributed by atoms with van der Waals surface area (Å²) in [5.74, 6) is -4.68. The lowest BCUT2D eigenvalue weighted by molar-refractivity contribution is -0.249. The van der Waals surface area contributed by atoms with Crippen LogP contribution in [0.1, 0.15) is 123 Å². The van der Waals surface area contributed by atoms with Gasteiger partial charge in [0, 0.05) is 84.9 Å². The number of aromatic nitrogens is 2. The fourth-order valence-electron chi connectivity index (χ4n) is 9.45. The number of Topliss-reactive ketones (excluding diaryl/α,β-unsaturated/α-hetero) is 1. The maximum absolute atomic E-state index is 14.1. The highest BCUT2D eigenvalue weighted by atomic mass is 16.7. The molecule has 380 valence electrons. The van der Waals surface area contributed by atoms with E-state index in [-0.39, 0.29) is 52.4 Å². The highest BCUT2D eigenvalue weighted by Crippen LogP contribution is 2.52. The van der Waals surface area contributed by atoms with Crippen LogP contribution in [-0.4, -0.2) is 102 Å². The van der Waals surface area contributed by atoms with Crippen molar-refractivity contribution in [2.75, 3.05) is 17.7 Å². The minimum absolute atomic E-state index is 0.0422.